The molecular weight excluding hydrogens is 297 g/mol. The molecule has 2 rings (SSSR count). The van der Waals surface area contributed by atoms with Crippen molar-refractivity contribution in [2.24, 2.45) is 0 Å². The van der Waals surface area contributed by atoms with E-state index in [1.165, 1.54) is 6.07 Å². The fourth-order valence-electron chi connectivity index (χ4n) is 1.55. The molecule has 0 unspecified atom stereocenters. The zero-order valence-electron chi connectivity index (χ0n) is 9.05. The van der Waals surface area contributed by atoms with Gasteiger partial charge in [-0.05, 0) is 12.1 Å². The molecule has 1 aromatic rings. The second kappa shape index (κ2) is 4.56. The quantitative estimate of drug-likeness (QED) is 0.810. The van der Waals surface area contributed by atoms with Gasteiger partial charge in [0, 0.05) is 6.07 Å². The Kier molecular flexibility index (Phi) is 3.21. The third-order valence-corrected chi connectivity index (χ3v) is 3.24. The van der Waals surface area contributed by atoms with Crippen molar-refractivity contribution >= 4 is 46.7 Å². The molecule has 0 aromatic heterocycles. The van der Waals surface area contributed by atoms with Gasteiger partial charge in [0.05, 0.1) is 5.69 Å². The monoisotopic (exact) mass is 301 g/mol. The molecule has 0 atom stereocenters. The van der Waals surface area contributed by atoms with Crippen LogP contribution in [0.25, 0.3) is 0 Å². The highest BCUT2D eigenvalue weighted by atomic mass is 35.5. The first-order chi connectivity index (χ1) is 8.84. The number of carbonyl (C=O) groups is 3. The molecule has 0 radical (unpaired) electrons. The van der Waals surface area contributed by atoms with E-state index < -0.39 is 33.6 Å². The van der Waals surface area contributed by atoms with Crippen LogP contribution in [-0.2, 0) is 9.59 Å². The van der Waals surface area contributed by atoms with E-state index in [0.717, 1.165) is 12.1 Å². The van der Waals surface area contributed by atoms with Gasteiger partial charge in [0.15, 0.2) is 0 Å². The number of aromatic hydroxyl groups is 1. The number of hydrogen-bond acceptors (Lipinski definition) is 4. The van der Waals surface area contributed by atoms with E-state index in [2.05, 4.69) is 0 Å². The number of carbonyl (C=O) groups excluding carboxylic acids is 2. The number of imide groups is 1. The van der Waals surface area contributed by atoms with Crippen LogP contribution < -0.4 is 4.90 Å². The van der Waals surface area contributed by atoms with Gasteiger partial charge in [0.2, 0.25) is 0 Å². The minimum absolute atomic E-state index is 0.0219. The van der Waals surface area contributed by atoms with Crippen molar-refractivity contribution in [1.29, 1.82) is 0 Å². The number of anilines is 1. The molecule has 1 aliphatic rings. The number of nitrogens with zero attached hydrogens (tertiary/aromatic N) is 1. The van der Waals surface area contributed by atoms with Crippen molar-refractivity contribution in [3.05, 3.63) is 33.8 Å². The van der Waals surface area contributed by atoms with Gasteiger partial charge >= 0.3 is 5.97 Å². The van der Waals surface area contributed by atoms with Gasteiger partial charge < -0.3 is 10.2 Å². The Morgan fingerprint density at radius 2 is 1.63 bits per heavy atom. The maximum absolute atomic E-state index is 11.7. The summed E-state index contributed by atoms with van der Waals surface area (Å²) in [5.41, 5.74) is -0.376. The topological polar surface area (TPSA) is 94.9 Å². The first kappa shape index (κ1) is 13.4. The summed E-state index contributed by atoms with van der Waals surface area (Å²) < 4.78 is 0. The van der Waals surface area contributed by atoms with Gasteiger partial charge in [0.25, 0.3) is 11.8 Å². The van der Waals surface area contributed by atoms with E-state index >= 15 is 0 Å². The van der Waals surface area contributed by atoms with Crippen LogP contribution in [0.3, 0.4) is 0 Å². The number of aromatic carboxylic acids is 1. The lowest BCUT2D eigenvalue weighted by Crippen LogP contribution is -2.30. The van der Waals surface area contributed by atoms with Crippen molar-refractivity contribution in [2.75, 3.05) is 4.90 Å². The minimum Gasteiger partial charge on any atom is -0.507 e. The van der Waals surface area contributed by atoms with Crippen LogP contribution in [0.15, 0.2) is 28.3 Å². The summed E-state index contributed by atoms with van der Waals surface area (Å²) >= 11 is 11.1. The molecule has 1 heterocycles. The summed E-state index contributed by atoms with van der Waals surface area (Å²) in [6, 6.07) is 3.23. The molecule has 2 amide bonds. The molecule has 6 nitrogen and oxygen atoms in total. The second-order valence-electron chi connectivity index (χ2n) is 3.58. The number of amides is 2. The minimum atomic E-state index is -1.34. The van der Waals surface area contributed by atoms with Crippen LogP contribution >= 0.6 is 23.2 Å². The first-order valence-corrected chi connectivity index (χ1v) is 5.60. The summed E-state index contributed by atoms with van der Waals surface area (Å²) in [4.78, 5) is 34.8. The number of hydrogen-bond donors (Lipinski definition) is 2. The summed E-state index contributed by atoms with van der Waals surface area (Å²) in [6.45, 7) is 0. The molecule has 0 spiro atoms. The molecular formula is C11H5Cl2NO5. The fraction of sp³-hybridized carbons (Fsp3) is 0. The van der Waals surface area contributed by atoms with Crippen molar-refractivity contribution in [2.45, 2.75) is 0 Å². The molecule has 0 saturated heterocycles. The largest absolute Gasteiger partial charge is 0.507 e. The van der Waals surface area contributed by atoms with Crippen LogP contribution in [0.2, 0.25) is 0 Å². The van der Waals surface area contributed by atoms with E-state index in [1.807, 2.05) is 0 Å². The summed E-state index contributed by atoms with van der Waals surface area (Å²) in [6.07, 6.45) is 0. The molecule has 8 heteroatoms. The number of carboxylic acids is 1. The molecule has 1 aromatic carbocycles. The lowest BCUT2D eigenvalue weighted by atomic mass is 10.1. The van der Waals surface area contributed by atoms with Gasteiger partial charge in [-0.15, -0.1) is 0 Å². The Morgan fingerprint density at radius 3 is 2.05 bits per heavy atom. The highest BCUT2D eigenvalue weighted by Gasteiger charge is 2.38. The molecule has 19 heavy (non-hydrogen) atoms. The highest BCUT2D eigenvalue weighted by Crippen LogP contribution is 2.33. The maximum atomic E-state index is 11.7. The number of phenols is 1. The average Bonchev–Trinajstić information content (AvgIpc) is 2.53. The molecule has 0 saturated carbocycles. The Balaban J connectivity index is 2.46. The lowest BCUT2D eigenvalue weighted by molar-refractivity contribution is -0.120. The van der Waals surface area contributed by atoms with Crippen LogP contribution in [0.5, 0.6) is 5.75 Å². The standard InChI is InChI=1S/C11H5Cl2NO5/c12-7-8(13)10(17)14(9(7)16)4-1-2-5(11(18)19)6(15)3-4/h1-3,15H,(H,18,19). The summed E-state index contributed by atoms with van der Waals surface area (Å²) in [7, 11) is 0. The number of halogens is 2. The molecule has 98 valence electrons. The van der Waals surface area contributed by atoms with Crippen molar-refractivity contribution in [3.8, 4) is 5.75 Å². The van der Waals surface area contributed by atoms with Gasteiger partial charge in [-0.1, -0.05) is 23.2 Å². The Bertz CT molecular complexity index is 628. The third-order valence-electron chi connectivity index (χ3n) is 2.44. The zero-order chi connectivity index (χ0) is 14.3. The summed E-state index contributed by atoms with van der Waals surface area (Å²) in [5, 5.41) is 17.4. The Hall–Kier alpha value is -2.05. The molecule has 0 aliphatic carbocycles. The zero-order valence-corrected chi connectivity index (χ0v) is 10.6. The van der Waals surface area contributed by atoms with E-state index in [-0.39, 0.29) is 11.3 Å². The Morgan fingerprint density at radius 1 is 1.11 bits per heavy atom. The van der Waals surface area contributed by atoms with Gasteiger partial charge in [-0.2, -0.15) is 0 Å². The predicted octanol–water partition coefficient (Wildman–Crippen LogP) is 1.65. The normalized spacial score (nSPS) is 15.4. The second-order valence-corrected chi connectivity index (χ2v) is 4.34. The highest BCUT2D eigenvalue weighted by molar-refractivity contribution is 6.62. The molecule has 2 N–H and O–H groups in total. The molecule has 1 aliphatic heterocycles. The van der Waals surface area contributed by atoms with Crippen LogP contribution in [0.4, 0.5) is 5.69 Å². The number of rotatable bonds is 2. The Labute approximate surface area is 116 Å². The average molecular weight is 302 g/mol. The predicted molar refractivity (Wildman–Crippen MR) is 66.3 cm³/mol. The summed E-state index contributed by atoms with van der Waals surface area (Å²) in [5.74, 6) is -3.58. The van der Waals surface area contributed by atoms with Gasteiger partial charge in [0.1, 0.15) is 21.4 Å². The van der Waals surface area contributed by atoms with E-state index in [9.17, 15) is 19.5 Å². The van der Waals surface area contributed by atoms with E-state index in [0.29, 0.717) is 4.90 Å². The van der Waals surface area contributed by atoms with Crippen molar-refractivity contribution < 1.29 is 24.6 Å². The van der Waals surface area contributed by atoms with Crippen LogP contribution in [0, 0.1) is 0 Å². The van der Waals surface area contributed by atoms with E-state index in [4.69, 9.17) is 28.3 Å². The molecule has 0 bridgehead atoms. The van der Waals surface area contributed by atoms with Gasteiger partial charge in [-0.3, -0.25) is 9.59 Å². The molecule has 0 fully saturated rings. The third kappa shape index (κ3) is 2.05. The number of carboxylic acid groups (broad SMARTS) is 1. The smallest absolute Gasteiger partial charge is 0.339 e. The van der Waals surface area contributed by atoms with Crippen molar-refractivity contribution in [3.63, 3.8) is 0 Å². The number of benzene rings is 1. The lowest BCUT2D eigenvalue weighted by Gasteiger charge is -2.14. The van der Waals surface area contributed by atoms with E-state index in [1.54, 1.807) is 0 Å². The fourth-order valence-corrected chi connectivity index (χ4v) is 1.88. The van der Waals surface area contributed by atoms with Crippen LogP contribution in [-0.4, -0.2) is 28.0 Å². The SMILES string of the molecule is O=C(O)c1ccc(N2C(=O)C(Cl)=C(Cl)C2=O)cc1O. The van der Waals surface area contributed by atoms with Crippen LogP contribution in [0.1, 0.15) is 10.4 Å². The maximum Gasteiger partial charge on any atom is 0.339 e. The van der Waals surface area contributed by atoms with Gasteiger partial charge in [-0.25, -0.2) is 9.69 Å². The first-order valence-electron chi connectivity index (χ1n) is 4.85. The van der Waals surface area contributed by atoms with Crippen molar-refractivity contribution in [1.82, 2.24) is 0 Å².